The molecule has 0 saturated heterocycles. The number of halogens is 1. The summed E-state index contributed by atoms with van der Waals surface area (Å²) in [6, 6.07) is 21.3. The molecule has 0 N–H and O–H groups in total. The molecular formula is C28H33ClN4O4S2. The molecule has 1 heterocycles. The average Bonchev–Trinajstić information content (AvgIpc) is 3.36. The van der Waals surface area contributed by atoms with E-state index >= 15 is 0 Å². The number of aromatic nitrogens is 1. The lowest BCUT2D eigenvalue weighted by Crippen LogP contribution is -2.36. The number of hydrogen-bond donors (Lipinski definition) is 0. The van der Waals surface area contributed by atoms with Crippen LogP contribution in [-0.4, -0.2) is 69.4 Å². The van der Waals surface area contributed by atoms with Gasteiger partial charge in [-0.25, -0.2) is 13.4 Å². The van der Waals surface area contributed by atoms with Gasteiger partial charge in [-0.1, -0.05) is 54.7 Å². The third-order valence-corrected chi connectivity index (χ3v) is 9.11. The molecule has 0 radical (unpaired) electrons. The van der Waals surface area contributed by atoms with Gasteiger partial charge < -0.3 is 9.64 Å². The van der Waals surface area contributed by atoms with E-state index in [1.807, 2.05) is 74.4 Å². The summed E-state index contributed by atoms with van der Waals surface area (Å²) < 4.78 is 34.5. The Bertz CT molecular complexity index is 1490. The highest BCUT2D eigenvalue weighted by atomic mass is 35.5. The fourth-order valence-electron chi connectivity index (χ4n) is 4.00. The second kappa shape index (κ2) is 13.4. The fourth-order valence-corrected chi connectivity index (χ4v) is 6.45. The quantitative estimate of drug-likeness (QED) is 0.241. The van der Waals surface area contributed by atoms with Gasteiger partial charge in [-0.05, 0) is 56.1 Å². The van der Waals surface area contributed by atoms with Gasteiger partial charge in [0.15, 0.2) is 5.13 Å². The summed E-state index contributed by atoms with van der Waals surface area (Å²) in [5.41, 5.74) is 2.01. The number of methoxy groups -OCH3 is 1. The first-order valence-electron chi connectivity index (χ1n) is 12.3. The van der Waals surface area contributed by atoms with Crippen LogP contribution in [0.5, 0.6) is 5.75 Å². The third kappa shape index (κ3) is 6.95. The highest BCUT2D eigenvalue weighted by Gasteiger charge is 2.26. The van der Waals surface area contributed by atoms with Crippen LogP contribution in [0, 0.1) is 0 Å². The second-order valence-electron chi connectivity index (χ2n) is 9.00. The molecule has 0 aliphatic heterocycles. The van der Waals surface area contributed by atoms with Crippen LogP contribution in [0.2, 0.25) is 0 Å². The lowest BCUT2D eigenvalue weighted by molar-refractivity contribution is 0.0985. The number of ether oxygens (including phenoxy) is 1. The topological polar surface area (TPSA) is 83.1 Å². The van der Waals surface area contributed by atoms with Crippen LogP contribution in [0.25, 0.3) is 10.2 Å². The first-order chi connectivity index (χ1) is 18.2. The van der Waals surface area contributed by atoms with Crippen molar-refractivity contribution in [1.29, 1.82) is 0 Å². The van der Waals surface area contributed by atoms with E-state index in [1.165, 1.54) is 27.8 Å². The molecule has 0 aliphatic carbocycles. The van der Waals surface area contributed by atoms with Crippen LogP contribution in [0.3, 0.4) is 0 Å². The number of para-hydroxylation sites is 1. The second-order valence-corrected chi connectivity index (χ2v) is 12.0. The maximum atomic E-state index is 13.7. The molecule has 4 rings (SSSR count). The van der Waals surface area contributed by atoms with E-state index in [2.05, 4.69) is 0 Å². The largest absolute Gasteiger partial charge is 0.494 e. The summed E-state index contributed by atoms with van der Waals surface area (Å²) in [6.45, 7) is 3.48. The normalized spacial score (nSPS) is 11.5. The standard InChI is InChI=1S/C28H32N4O4S2.ClH/c1-5-31(20-21-10-7-6-8-11-21)38(34,35)23-16-14-22(15-17-23)27(33)32(19-18-30(2)3)28-29-26-24(36-4)12-9-13-25(26)37-28;/h6-17H,5,18-20H2,1-4H3;1H. The number of likely N-dealkylation sites (N-methyl/N-ethyl adjacent to an activating group) is 1. The van der Waals surface area contributed by atoms with Gasteiger partial charge in [-0.15, -0.1) is 12.4 Å². The smallest absolute Gasteiger partial charge is 0.260 e. The number of carbonyl (C=O) groups excluding carboxylic acids is 1. The Kier molecular flexibility index (Phi) is 10.5. The van der Waals surface area contributed by atoms with Gasteiger partial charge in [0.05, 0.1) is 16.7 Å². The van der Waals surface area contributed by atoms with Crippen molar-refractivity contribution in [1.82, 2.24) is 14.2 Å². The van der Waals surface area contributed by atoms with E-state index < -0.39 is 10.0 Å². The predicted molar refractivity (Wildman–Crippen MR) is 160 cm³/mol. The molecule has 1 amide bonds. The molecule has 4 aromatic rings. The van der Waals surface area contributed by atoms with Crippen molar-refractivity contribution in [3.05, 3.63) is 83.9 Å². The van der Waals surface area contributed by atoms with Crippen molar-refractivity contribution in [3.8, 4) is 5.75 Å². The number of anilines is 1. The maximum Gasteiger partial charge on any atom is 0.260 e. The van der Waals surface area contributed by atoms with Crippen molar-refractivity contribution in [2.24, 2.45) is 0 Å². The van der Waals surface area contributed by atoms with E-state index in [0.29, 0.717) is 41.6 Å². The Morgan fingerprint density at radius 3 is 2.26 bits per heavy atom. The number of benzene rings is 3. The molecule has 8 nitrogen and oxygen atoms in total. The molecule has 0 spiro atoms. The van der Waals surface area contributed by atoms with Crippen molar-refractivity contribution in [2.75, 3.05) is 45.7 Å². The van der Waals surface area contributed by atoms with Crippen molar-refractivity contribution >= 4 is 55.0 Å². The van der Waals surface area contributed by atoms with Gasteiger partial charge in [0.2, 0.25) is 10.0 Å². The lowest BCUT2D eigenvalue weighted by Gasteiger charge is -2.23. The number of rotatable bonds is 11. The lowest BCUT2D eigenvalue weighted by atomic mass is 10.2. The molecule has 0 unspecified atom stereocenters. The Hall–Kier alpha value is -3.02. The van der Waals surface area contributed by atoms with Gasteiger partial charge >= 0.3 is 0 Å². The summed E-state index contributed by atoms with van der Waals surface area (Å²) in [7, 11) is 1.75. The number of amides is 1. The Morgan fingerprint density at radius 1 is 0.949 bits per heavy atom. The Balaban J connectivity index is 0.00000420. The van der Waals surface area contributed by atoms with Crippen molar-refractivity contribution in [3.63, 3.8) is 0 Å². The molecule has 0 bridgehead atoms. The highest BCUT2D eigenvalue weighted by molar-refractivity contribution is 7.89. The van der Waals surface area contributed by atoms with Crippen LogP contribution in [-0.2, 0) is 16.6 Å². The maximum absolute atomic E-state index is 13.7. The summed E-state index contributed by atoms with van der Waals surface area (Å²) >= 11 is 1.42. The number of sulfonamides is 1. The molecule has 39 heavy (non-hydrogen) atoms. The summed E-state index contributed by atoms with van der Waals surface area (Å²) in [6.07, 6.45) is 0. The minimum absolute atomic E-state index is 0. The van der Waals surface area contributed by atoms with E-state index in [-0.39, 0.29) is 29.8 Å². The Labute approximate surface area is 240 Å². The molecule has 0 saturated carbocycles. The van der Waals surface area contributed by atoms with Crippen molar-refractivity contribution < 1.29 is 17.9 Å². The molecule has 0 fully saturated rings. The van der Waals surface area contributed by atoms with Gasteiger partial charge in [0.1, 0.15) is 11.3 Å². The first-order valence-corrected chi connectivity index (χ1v) is 14.5. The van der Waals surface area contributed by atoms with Crippen molar-refractivity contribution in [2.45, 2.75) is 18.4 Å². The van der Waals surface area contributed by atoms with Gasteiger partial charge in [-0.2, -0.15) is 4.31 Å². The zero-order valence-electron chi connectivity index (χ0n) is 22.4. The third-order valence-electron chi connectivity index (χ3n) is 6.13. The number of carbonyl (C=O) groups is 1. The van der Waals surface area contributed by atoms with Crippen LogP contribution in [0.15, 0.2) is 77.7 Å². The molecule has 0 atom stereocenters. The highest BCUT2D eigenvalue weighted by Crippen LogP contribution is 2.34. The average molecular weight is 589 g/mol. The number of thiazole rings is 1. The minimum atomic E-state index is -3.73. The van der Waals surface area contributed by atoms with E-state index in [4.69, 9.17) is 9.72 Å². The molecule has 1 aromatic heterocycles. The molecular weight excluding hydrogens is 556 g/mol. The van der Waals surface area contributed by atoms with Gasteiger partial charge in [0.25, 0.3) is 5.91 Å². The van der Waals surface area contributed by atoms with E-state index in [1.54, 1.807) is 24.1 Å². The summed E-state index contributed by atoms with van der Waals surface area (Å²) in [5, 5.41) is 0.563. The zero-order chi connectivity index (χ0) is 27.3. The van der Waals surface area contributed by atoms with Crippen LogP contribution in [0.1, 0.15) is 22.8 Å². The Morgan fingerprint density at radius 2 is 1.64 bits per heavy atom. The summed E-state index contributed by atoms with van der Waals surface area (Å²) in [5.74, 6) is 0.404. The monoisotopic (exact) mass is 588 g/mol. The SMILES string of the molecule is CCN(Cc1ccccc1)S(=O)(=O)c1ccc(C(=O)N(CCN(C)C)c2nc3c(OC)cccc3s2)cc1.Cl. The van der Waals surface area contributed by atoms with E-state index in [0.717, 1.165) is 10.3 Å². The molecule has 3 aromatic carbocycles. The first kappa shape index (κ1) is 30.5. The number of hydrogen-bond acceptors (Lipinski definition) is 7. The molecule has 0 aliphatic rings. The van der Waals surface area contributed by atoms with Gasteiger partial charge in [-0.3, -0.25) is 9.69 Å². The van der Waals surface area contributed by atoms with Crippen LogP contribution in [0.4, 0.5) is 5.13 Å². The number of fused-ring (bicyclic) bond motifs is 1. The van der Waals surface area contributed by atoms with Gasteiger partial charge in [0, 0.05) is 31.7 Å². The molecule has 11 heteroatoms. The van der Waals surface area contributed by atoms with E-state index in [9.17, 15) is 13.2 Å². The fraction of sp³-hybridized carbons (Fsp3) is 0.286. The predicted octanol–water partition coefficient (Wildman–Crippen LogP) is 5.15. The zero-order valence-corrected chi connectivity index (χ0v) is 24.9. The van der Waals surface area contributed by atoms with Crippen LogP contribution < -0.4 is 9.64 Å². The van der Waals surface area contributed by atoms with Crippen LogP contribution >= 0.6 is 23.7 Å². The summed E-state index contributed by atoms with van der Waals surface area (Å²) in [4.78, 5) is 22.2. The molecule has 208 valence electrons. The minimum Gasteiger partial charge on any atom is -0.494 e. The number of nitrogens with zero attached hydrogens (tertiary/aromatic N) is 4.